The quantitative estimate of drug-likeness (QED) is 0.721. The van der Waals surface area contributed by atoms with E-state index in [0.717, 1.165) is 0 Å². The molecule has 0 radical (unpaired) electrons. The highest BCUT2D eigenvalue weighted by Crippen LogP contribution is 2.32. The van der Waals surface area contributed by atoms with Crippen molar-refractivity contribution < 1.29 is 24.9 Å². The van der Waals surface area contributed by atoms with Gasteiger partial charge in [-0.05, 0) is 31.5 Å². The van der Waals surface area contributed by atoms with Crippen molar-refractivity contribution in [1.82, 2.24) is 0 Å². The SMILES string of the molecule is CCOC(=O)C(O)C(O)c1cc(Cl)cc(C)c1O. The van der Waals surface area contributed by atoms with Crippen molar-refractivity contribution in [3.63, 3.8) is 0 Å². The smallest absolute Gasteiger partial charge is 0.338 e. The van der Waals surface area contributed by atoms with Crippen LogP contribution in [0.15, 0.2) is 12.1 Å². The Kier molecular flexibility index (Phi) is 4.95. The average Bonchev–Trinajstić information content (AvgIpc) is 2.32. The summed E-state index contributed by atoms with van der Waals surface area (Å²) in [5, 5.41) is 29.5. The zero-order chi connectivity index (χ0) is 13.9. The number of carbonyl (C=O) groups is 1. The molecule has 2 atom stereocenters. The molecule has 1 aromatic carbocycles. The number of aliphatic hydroxyl groups excluding tert-OH is 2. The number of ether oxygens (including phenoxy) is 1. The zero-order valence-corrected chi connectivity index (χ0v) is 10.8. The van der Waals surface area contributed by atoms with Gasteiger partial charge in [0.05, 0.1) is 6.61 Å². The van der Waals surface area contributed by atoms with Crippen molar-refractivity contribution in [2.75, 3.05) is 6.61 Å². The normalized spacial score (nSPS) is 14.1. The standard InChI is InChI=1S/C12H15ClO5/c1-3-18-12(17)11(16)10(15)8-5-7(13)4-6(2)9(8)14/h4-5,10-11,14-16H,3H2,1-2H3. The number of hydrogen-bond donors (Lipinski definition) is 3. The van der Waals surface area contributed by atoms with Crippen molar-refractivity contribution in [2.24, 2.45) is 0 Å². The Morgan fingerprint density at radius 2 is 2.06 bits per heavy atom. The second-order valence-corrected chi connectivity index (χ2v) is 4.24. The fourth-order valence-electron chi connectivity index (χ4n) is 1.51. The number of halogens is 1. The fraction of sp³-hybridized carbons (Fsp3) is 0.417. The molecule has 0 aliphatic carbocycles. The number of aryl methyl sites for hydroxylation is 1. The highest BCUT2D eigenvalue weighted by atomic mass is 35.5. The van der Waals surface area contributed by atoms with Gasteiger partial charge in [0.25, 0.3) is 0 Å². The minimum atomic E-state index is -1.77. The van der Waals surface area contributed by atoms with Crippen LogP contribution in [0.4, 0.5) is 0 Å². The molecule has 0 aromatic heterocycles. The van der Waals surface area contributed by atoms with E-state index in [1.165, 1.54) is 12.1 Å². The van der Waals surface area contributed by atoms with Gasteiger partial charge in [-0.2, -0.15) is 0 Å². The third kappa shape index (κ3) is 3.13. The van der Waals surface area contributed by atoms with Crippen LogP contribution in [-0.4, -0.2) is 34.0 Å². The van der Waals surface area contributed by atoms with E-state index >= 15 is 0 Å². The maximum atomic E-state index is 11.3. The van der Waals surface area contributed by atoms with Crippen LogP contribution in [-0.2, 0) is 9.53 Å². The molecule has 100 valence electrons. The molecule has 5 nitrogen and oxygen atoms in total. The summed E-state index contributed by atoms with van der Waals surface area (Å²) in [5.41, 5.74) is 0.424. The van der Waals surface area contributed by atoms with Gasteiger partial charge < -0.3 is 20.1 Å². The van der Waals surface area contributed by atoms with Gasteiger partial charge in [-0.3, -0.25) is 0 Å². The lowest BCUT2D eigenvalue weighted by Gasteiger charge is -2.18. The predicted octanol–water partition coefficient (Wildman–Crippen LogP) is 1.31. The zero-order valence-electron chi connectivity index (χ0n) is 10.1. The van der Waals surface area contributed by atoms with Gasteiger partial charge in [-0.15, -0.1) is 0 Å². The minimum absolute atomic E-state index is 0.0134. The van der Waals surface area contributed by atoms with Gasteiger partial charge in [-0.25, -0.2) is 4.79 Å². The Hall–Kier alpha value is -1.30. The van der Waals surface area contributed by atoms with Gasteiger partial charge in [0.2, 0.25) is 0 Å². The lowest BCUT2D eigenvalue weighted by Crippen LogP contribution is -2.30. The van der Waals surface area contributed by atoms with E-state index in [4.69, 9.17) is 11.6 Å². The van der Waals surface area contributed by atoms with Gasteiger partial charge >= 0.3 is 5.97 Å². The van der Waals surface area contributed by atoms with Crippen LogP contribution in [0.25, 0.3) is 0 Å². The summed E-state index contributed by atoms with van der Waals surface area (Å²) in [5.74, 6) is -1.17. The van der Waals surface area contributed by atoms with E-state index in [2.05, 4.69) is 4.74 Å². The first kappa shape index (κ1) is 14.8. The molecule has 0 aliphatic heterocycles. The lowest BCUT2D eigenvalue weighted by molar-refractivity contribution is -0.159. The second kappa shape index (κ2) is 6.04. The van der Waals surface area contributed by atoms with Crippen LogP contribution >= 0.6 is 11.6 Å². The van der Waals surface area contributed by atoms with Crippen molar-refractivity contribution in [3.8, 4) is 5.75 Å². The Labute approximate surface area is 110 Å². The summed E-state index contributed by atoms with van der Waals surface area (Å²) in [6.45, 7) is 3.26. The Morgan fingerprint density at radius 3 is 2.61 bits per heavy atom. The number of phenolic OH excluding ortho intramolecular Hbond substituents is 1. The van der Waals surface area contributed by atoms with Gasteiger partial charge in [-0.1, -0.05) is 11.6 Å². The molecular formula is C12H15ClO5. The largest absolute Gasteiger partial charge is 0.507 e. The Morgan fingerprint density at radius 1 is 1.44 bits per heavy atom. The topological polar surface area (TPSA) is 87.0 Å². The summed E-state index contributed by atoms with van der Waals surface area (Å²) in [6.07, 6.45) is -3.37. The summed E-state index contributed by atoms with van der Waals surface area (Å²) in [7, 11) is 0. The molecule has 0 fully saturated rings. The van der Waals surface area contributed by atoms with Gasteiger partial charge in [0, 0.05) is 10.6 Å². The number of carbonyl (C=O) groups excluding carboxylic acids is 1. The first-order chi connectivity index (χ1) is 8.38. The van der Waals surface area contributed by atoms with Crippen molar-refractivity contribution in [2.45, 2.75) is 26.1 Å². The monoisotopic (exact) mass is 274 g/mol. The van der Waals surface area contributed by atoms with E-state index in [9.17, 15) is 20.1 Å². The second-order valence-electron chi connectivity index (χ2n) is 3.80. The van der Waals surface area contributed by atoms with Crippen molar-refractivity contribution in [1.29, 1.82) is 0 Å². The molecule has 6 heteroatoms. The summed E-state index contributed by atoms with van der Waals surface area (Å²) in [6, 6.07) is 2.79. The van der Waals surface area contributed by atoms with Crippen LogP contribution in [0.3, 0.4) is 0 Å². The number of aromatic hydroxyl groups is 1. The summed E-state index contributed by atoms with van der Waals surface area (Å²) < 4.78 is 4.58. The maximum absolute atomic E-state index is 11.3. The summed E-state index contributed by atoms with van der Waals surface area (Å²) >= 11 is 5.79. The summed E-state index contributed by atoms with van der Waals surface area (Å²) in [4.78, 5) is 11.3. The first-order valence-electron chi connectivity index (χ1n) is 5.40. The molecule has 18 heavy (non-hydrogen) atoms. The van der Waals surface area contributed by atoms with E-state index in [1.807, 2.05) is 0 Å². The predicted molar refractivity (Wildman–Crippen MR) is 65.5 cm³/mol. The van der Waals surface area contributed by atoms with E-state index in [-0.39, 0.29) is 22.9 Å². The molecule has 0 heterocycles. The molecule has 0 spiro atoms. The lowest BCUT2D eigenvalue weighted by atomic mass is 10.0. The minimum Gasteiger partial charge on any atom is -0.507 e. The van der Waals surface area contributed by atoms with Crippen molar-refractivity contribution in [3.05, 3.63) is 28.3 Å². The molecule has 1 rings (SSSR count). The number of benzene rings is 1. The Balaban J connectivity index is 3.03. The molecular weight excluding hydrogens is 260 g/mol. The number of hydrogen-bond acceptors (Lipinski definition) is 5. The van der Waals surface area contributed by atoms with Gasteiger partial charge in [0.15, 0.2) is 6.10 Å². The molecule has 0 amide bonds. The molecule has 3 N–H and O–H groups in total. The van der Waals surface area contributed by atoms with Crippen molar-refractivity contribution >= 4 is 17.6 Å². The van der Waals surface area contributed by atoms with Crippen LogP contribution in [0, 0.1) is 6.92 Å². The number of rotatable bonds is 4. The molecule has 2 unspecified atom stereocenters. The average molecular weight is 275 g/mol. The van der Waals surface area contributed by atoms with Crippen LogP contribution in [0.5, 0.6) is 5.75 Å². The van der Waals surface area contributed by atoms with Gasteiger partial charge in [0.1, 0.15) is 11.9 Å². The Bertz CT molecular complexity index is 446. The third-order valence-corrected chi connectivity index (χ3v) is 2.66. The van der Waals surface area contributed by atoms with Crippen LogP contribution in [0.2, 0.25) is 5.02 Å². The fourth-order valence-corrected chi connectivity index (χ4v) is 1.79. The first-order valence-corrected chi connectivity index (χ1v) is 5.78. The molecule has 0 saturated carbocycles. The number of aliphatic hydroxyl groups is 2. The highest BCUT2D eigenvalue weighted by Gasteiger charge is 2.29. The highest BCUT2D eigenvalue weighted by molar-refractivity contribution is 6.30. The van der Waals surface area contributed by atoms with Crippen LogP contribution < -0.4 is 0 Å². The molecule has 0 saturated heterocycles. The molecule has 0 aliphatic rings. The number of phenols is 1. The number of esters is 1. The van der Waals surface area contributed by atoms with E-state index in [0.29, 0.717) is 5.56 Å². The van der Waals surface area contributed by atoms with E-state index < -0.39 is 18.2 Å². The molecule has 0 bridgehead atoms. The van der Waals surface area contributed by atoms with E-state index in [1.54, 1.807) is 13.8 Å². The maximum Gasteiger partial charge on any atom is 0.338 e. The van der Waals surface area contributed by atoms with Crippen LogP contribution in [0.1, 0.15) is 24.2 Å². The third-order valence-electron chi connectivity index (χ3n) is 2.44. The molecule has 1 aromatic rings.